The number of hydrogen-bond acceptors (Lipinski definition) is 1. The Morgan fingerprint density at radius 3 is 2.57 bits per heavy atom. The van der Waals surface area contributed by atoms with Crippen LogP contribution >= 0.6 is 0 Å². The highest BCUT2D eigenvalue weighted by Gasteiger charge is 2.26. The van der Waals surface area contributed by atoms with E-state index in [-0.39, 0.29) is 0 Å². The van der Waals surface area contributed by atoms with Crippen LogP contribution in [0.25, 0.3) is 5.57 Å². The molecule has 4 rings (SSSR count). The number of furan rings is 1. The average Bonchev–Trinajstić information content (AvgIpc) is 3.09. The first-order valence-corrected chi connectivity index (χ1v) is 7.94. The molecule has 1 aromatic heterocycles. The van der Waals surface area contributed by atoms with Crippen molar-refractivity contribution in [2.24, 2.45) is 0 Å². The summed E-state index contributed by atoms with van der Waals surface area (Å²) in [4.78, 5) is 0. The maximum absolute atomic E-state index is 5.67. The molecule has 0 saturated heterocycles. The minimum atomic E-state index is 0.395. The van der Waals surface area contributed by atoms with Gasteiger partial charge in [0.2, 0.25) is 0 Å². The number of hydrogen-bond donors (Lipinski definition) is 0. The van der Waals surface area contributed by atoms with Crippen molar-refractivity contribution in [2.45, 2.75) is 38.0 Å². The highest BCUT2D eigenvalue weighted by atomic mass is 16.3. The fraction of sp³-hybridized carbons (Fsp3) is 0.300. The van der Waals surface area contributed by atoms with Gasteiger partial charge in [-0.05, 0) is 60.9 Å². The van der Waals surface area contributed by atoms with Crippen LogP contribution in [0.15, 0.2) is 70.4 Å². The maximum atomic E-state index is 5.67. The van der Waals surface area contributed by atoms with E-state index in [4.69, 9.17) is 4.42 Å². The van der Waals surface area contributed by atoms with E-state index in [1.165, 1.54) is 36.8 Å². The van der Waals surface area contributed by atoms with E-state index < -0.39 is 0 Å². The van der Waals surface area contributed by atoms with Crippen LogP contribution in [-0.4, -0.2) is 0 Å². The zero-order valence-electron chi connectivity index (χ0n) is 12.2. The topological polar surface area (TPSA) is 13.1 Å². The third-order valence-corrected chi connectivity index (χ3v) is 4.73. The lowest BCUT2D eigenvalue weighted by Crippen LogP contribution is -2.11. The van der Waals surface area contributed by atoms with Crippen molar-refractivity contribution in [3.8, 4) is 0 Å². The molecular weight excluding hydrogens is 256 g/mol. The number of benzene rings is 1. The van der Waals surface area contributed by atoms with Gasteiger partial charge in [-0.2, -0.15) is 0 Å². The van der Waals surface area contributed by atoms with Crippen LogP contribution in [0.2, 0.25) is 0 Å². The van der Waals surface area contributed by atoms with E-state index in [0.717, 1.165) is 12.2 Å². The van der Waals surface area contributed by atoms with Crippen LogP contribution in [0, 0.1) is 0 Å². The molecule has 1 unspecified atom stereocenters. The molecule has 1 heterocycles. The van der Waals surface area contributed by atoms with Crippen LogP contribution in [-0.2, 0) is 0 Å². The van der Waals surface area contributed by atoms with Gasteiger partial charge in [0.1, 0.15) is 5.76 Å². The van der Waals surface area contributed by atoms with Gasteiger partial charge in [-0.15, -0.1) is 0 Å². The van der Waals surface area contributed by atoms with E-state index in [0.29, 0.717) is 5.92 Å². The van der Waals surface area contributed by atoms with Gasteiger partial charge in [-0.25, -0.2) is 0 Å². The Hall–Kier alpha value is -2.02. The minimum absolute atomic E-state index is 0.395. The lowest BCUT2D eigenvalue weighted by atomic mass is 9.75. The molecule has 1 nitrogen and oxygen atoms in total. The summed E-state index contributed by atoms with van der Waals surface area (Å²) in [7, 11) is 0. The summed E-state index contributed by atoms with van der Waals surface area (Å²) in [5, 5.41) is 0. The van der Waals surface area contributed by atoms with Gasteiger partial charge < -0.3 is 4.42 Å². The van der Waals surface area contributed by atoms with E-state index in [1.807, 2.05) is 6.07 Å². The SMILES string of the molecule is C1=C(c2ccccc2)C2=C(CCCC2)CC1c1ccco1. The molecule has 0 N–H and O–H groups in total. The molecular formula is C20H20O. The van der Waals surface area contributed by atoms with Crippen LogP contribution < -0.4 is 0 Å². The third-order valence-electron chi connectivity index (χ3n) is 4.73. The summed E-state index contributed by atoms with van der Waals surface area (Å²) in [5.41, 5.74) is 6.06. The first kappa shape index (κ1) is 12.7. The molecule has 1 heteroatoms. The van der Waals surface area contributed by atoms with Gasteiger partial charge in [0, 0.05) is 5.92 Å². The van der Waals surface area contributed by atoms with Crippen molar-refractivity contribution in [3.63, 3.8) is 0 Å². The van der Waals surface area contributed by atoms with Crippen molar-refractivity contribution in [3.05, 3.63) is 77.3 Å². The van der Waals surface area contributed by atoms with Crippen molar-refractivity contribution in [2.75, 3.05) is 0 Å². The fourth-order valence-electron chi connectivity index (χ4n) is 3.72. The molecule has 0 bridgehead atoms. The van der Waals surface area contributed by atoms with Gasteiger partial charge in [-0.3, -0.25) is 0 Å². The fourth-order valence-corrected chi connectivity index (χ4v) is 3.72. The third kappa shape index (κ3) is 2.37. The molecule has 2 aliphatic carbocycles. The Morgan fingerprint density at radius 1 is 0.905 bits per heavy atom. The minimum Gasteiger partial charge on any atom is -0.469 e. The van der Waals surface area contributed by atoms with Crippen molar-refractivity contribution in [1.29, 1.82) is 0 Å². The van der Waals surface area contributed by atoms with E-state index in [9.17, 15) is 0 Å². The molecule has 0 spiro atoms. The molecule has 0 aliphatic heterocycles. The Balaban J connectivity index is 1.80. The van der Waals surface area contributed by atoms with Crippen LogP contribution in [0.5, 0.6) is 0 Å². The zero-order chi connectivity index (χ0) is 14.1. The lowest BCUT2D eigenvalue weighted by molar-refractivity contribution is 0.481. The van der Waals surface area contributed by atoms with E-state index in [2.05, 4.69) is 42.5 Å². The monoisotopic (exact) mass is 276 g/mol. The molecule has 0 amide bonds. The predicted octanol–water partition coefficient (Wildman–Crippen LogP) is 5.72. The maximum Gasteiger partial charge on any atom is 0.110 e. The molecule has 21 heavy (non-hydrogen) atoms. The molecule has 106 valence electrons. The average molecular weight is 276 g/mol. The first-order chi connectivity index (χ1) is 10.4. The lowest BCUT2D eigenvalue weighted by Gasteiger charge is -2.30. The smallest absolute Gasteiger partial charge is 0.110 e. The van der Waals surface area contributed by atoms with Crippen molar-refractivity contribution < 1.29 is 4.42 Å². The Kier molecular flexibility index (Phi) is 3.27. The molecule has 1 atom stereocenters. The Bertz CT molecular complexity index is 674. The summed E-state index contributed by atoms with van der Waals surface area (Å²) in [6.45, 7) is 0. The van der Waals surface area contributed by atoms with Gasteiger partial charge in [0.25, 0.3) is 0 Å². The summed E-state index contributed by atoms with van der Waals surface area (Å²) in [5.74, 6) is 1.49. The quantitative estimate of drug-likeness (QED) is 0.683. The highest BCUT2D eigenvalue weighted by molar-refractivity contribution is 5.82. The van der Waals surface area contributed by atoms with Crippen molar-refractivity contribution >= 4 is 5.57 Å². The van der Waals surface area contributed by atoms with Gasteiger partial charge in [0.05, 0.1) is 6.26 Å². The van der Waals surface area contributed by atoms with E-state index >= 15 is 0 Å². The first-order valence-electron chi connectivity index (χ1n) is 7.94. The summed E-state index contributed by atoms with van der Waals surface area (Å²) in [6.07, 6.45) is 10.5. The second kappa shape index (κ2) is 5.40. The standard InChI is InChI=1S/C20H20O/c1-2-7-15(8-3-1)19-14-17(20-11-6-12-21-20)13-16-9-4-5-10-18(16)19/h1-3,6-8,11-12,14,17H,4-5,9-10,13H2. The molecule has 2 aromatic rings. The summed E-state index contributed by atoms with van der Waals surface area (Å²) >= 11 is 0. The molecule has 0 fully saturated rings. The van der Waals surface area contributed by atoms with E-state index in [1.54, 1.807) is 17.4 Å². The zero-order valence-corrected chi connectivity index (χ0v) is 12.2. The van der Waals surface area contributed by atoms with Crippen LogP contribution in [0.4, 0.5) is 0 Å². The van der Waals surface area contributed by atoms with Gasteiger partial charge >= 0.3 is 0 Å². The van der Waals surface area contributed by atoms with Gasteiger partial charge in [0.15, 0.2) is 0 Å². The van der Waals surface area contributed by atoms with Crippen LogP contribution in [0.3, 0.4) is 0 Å². The summed E-state index contributed by atoms with van der Waals surface area (Å²) < 4.78 is 5.67. The molecule has 1 aromatic carbocycles. The second-order valence-corrected chi connectivity index (χ2v) is 6.06. The summed E-state index contributed by atoms with van der Waals surface area (Å²) in [6, 6.07) is 14.9. The Labute approximate surface area is 126 Å². The largest absolute Gasteiger partial charge is 0.469 e. The second-order valence-electron chi connectivity index (χ2n) is 6.06. The Morgan fingerprint density at radius 2 is 1.76 bits per heavy atom. The highest BCUT2D eigenvalue weighted by Crippen LogP contribution is 2.45. The molecule has 0 radical (unpaired) electrons. The van der Waals surface area contributed by atoms with Crippen LogP contribution in [0.1, 0.15) is 49.3 Å². The molecule has 2 aliphatic rings. The predicted molar refractivity (Wildman–Crippen MR) is 86.0 cm³/mol. The number of rotatable bonds is 2. The van der Waals surface area contributed by atoms with Gasteiger partial charge in [-0.1, -0.05) is 42.0 Å². The molecule has 0 saturated carbocycles. The van der Waals surface area contributed by atoms with Crippen molar-refractivity contribution in [1.82, 2.24) is 0 Å². The normalized spacial score (nSPS) is 21.9. The number of allylic oxidation sites excluding steroid dienone is 4.